The zero-order valence-corrected chi connectivity index (χ0v) is 15.3. The van der Waals surface area contributed by atoms with Crippen molar-refractivity contribution in [2.45, 2.75) is 13.8 Å². The number of nitrogens with zero attached hydrogens (tertiary/aromatic N) is 5. The summed E-state index contributed by atoms with van der Waals surface area (Å²) in [6, 6.07) is 7.62. The number of ether oxygens (including phenoxy) is 1. The summed E-state index contributed by atoms with van der Waals surface area (Å²) in [5.74, 6) is 1.31. The van der Waals surface area contributed by atoms with Crippen LogP contribution in [0.3, 0.4) is 0 Å². The van der Waals surface area contributed by atoms with Crippen molar-refractivity contribution in [3.63, 3.8) is 0 Å². The third-order valence-electron chi connectivity index (χ3n) is 4.95. The molecule has 0 spiro atoms. The van der Waals surface area contributed by atoms with E-state index < -0.39 is 5.69 Å². The molecule has 3 aromatic heterocycles. The molecule has 0 unspecified atom stereocenters. The van der Waals surface area contributed by atoms with Crippen molar-refractivity contribution in [3.05, 3.63) is 56.5 Å². The van der Waals surface area contributed by atoms with E-state index in [-0.39, 0.29) is 5.56 Å². The van der Waals surface area contributed by atoms with Crippen LogP contribution in [0.15, 0.2) is 33.9 Å². The second-order valence-electron chi connectivity index (χ2n) is 6.33. The lowest BCUT2D eigenvalue weighted by atomic mass is 10.3. The minimum atomic E-state index is -0.398. The first kappa shape index (κ1) is 16.2. The number of methoxy groups -OCH3 is 1. The Morgan fingerprint density at radius 1 is 1.04 bits per heavy atom. The van der Waals surface area contributed by atoms with Crippen LogP contribution >= 0.6 is 0 Å². The molecule has 0 fully saturated rings. The van der Waals surface area contributed by atoms with Gasteiger partial charge in [-0.3, -0.25) is 22.9 Å². The molecule has 0 radical (unpaired) electrons. The summed E-state index contributed by atoms with van der Waals surface area (Å²) in [7, 11) is 4.71. The van der Waals surface area contributed by atoms with Gasteiger partial charge in [0.2, 0.25) is 5.78 Å². The zero-order chi connectivity index (χ0) is 18.7. The molecule has 0 N–H and O–H groups in total. The maximum atomic E-state index is 12.7. The Labute approximate surface area is 148 Å². The highest BCUT2D eigenvalue weighted by Crippen LogP contribution is 2.26. The number of fused-ring (bicyclic) bond motifs is 3. The van der Waals surface area contributed by atoms with Crippen LogP contribution in [0.25, 0.3) is 22.6 Å². The molecule has 0 aliphatic rings. The monoisotopic (exact) mass is 353 g/mol. The Morgan fingerprint density at radius 3 is 2.46 bits per heavy atom. The predicted molar refractivity (Wildman–Crippen MR) is 98.5 cm³/mol. The number of hydrogen-bond donors (Lipinski definition) is 0. The van der Waals surface area contributed by atoms with E-state index in [1.54, 1.807) is 14.2 Å². The first-order valence-electron chi connectivity index (χ1n) is 8.17. The van der Waals surface area contributed by atoms with Gasteiger partial charge in [0.25, 0.3) is 5.56 Å². The normalized spacial score (nSPS) is 11.6. The van der Waals surface area contributed by atoms with Gasteiger partial charge in [-0.25, -0.2) is 4.79 Å². The summed E-state index contributed by atoms with van der Waals surface area (Å²) >= 11 is 0. The van der Waals surface area contributed by atoms with Gasteiger partial charge in [-0.2, -0.15) is 4.98 Å². The van der Waals surface area contributed by atoms with Crippen LogP contribution in [0.1, 0.15) is 11.4 Å². The van der Waals surface area contributed by atoms with E-state index in [9.17, 15) is 9.59 Å². The van der Waals surface area contributed by atoms with E-state index in [2.05, 4.69) is 4.98 Å². The van der Waals surface area contributed by atoms with Gasteiger partial charge >= 0.3 is 5.69 Å². The van der Waals surface area contributed by atoms with Crippen molar-refractivity contribution in [1.29, 1.82) is 0 Å². The number of imidazole rings is 2. The fraction of sp³-hybridized carbons (Fsp3) is 0.278. The fourth-order valence-electron chi connectivity index (χ4n) is 3.38. The van der Waals surface area contributed by atoms with Gasteiger partial charge in [-0.05, 0) is 26.0 Å². The summed E-state index contributed by atoms with van der Waals surface area (Å²) in [4.78, 5) is 29.6. The van der Waals surface area contributed by atoms with E-state index >= 15 is 0 Å². The van der Waals surface area contributed by atoms with Crippen LogP contribution in [0.4, 0.5) is 0 Å². The second kappa shape index (κ2) is 5.35. The summed E-state index contributed by atoms with van der Waals surface area (Å²) in [5.41, 5.74) is 2.73. The van der Waals surface area contributed by atoms with Crippen LogP contribution in [-0.2, 0) is 14.1 Å². The first-order chi connectivity index (χ1) is 12.4. The summed E-state index contributed by atoms with van der Waals surface area (Å²) in [5, 5.41) is 0. The number of benzene rings is 1. The molecule has 0 aliphatic heterocycles. The Morgan fingerprint density at radius 2 is 1.77 bits per heavy atom. The van der Waals surface area contributed by atoms with Crippen molar-refractivity contribution >= 4 is 16.9 Å². The standard InChI is InChI=1S/C18H19N5O3/c1-10-11(2)23-14-15(20(3)18(25)21(4)16(14)24)19-17(23)22(10)12-7-6-8-13(9-12)26-5/h6-9H,1-5H3. The minimum absolute atomic E-state index is 0.360. The van der Waals surface area contributed by atoms with E-state index in [0.717, 1.165) is 27.4 Å². The minimum Gasteiger partial charge on any atom is -0.497 e. The first-order valence-corrected chi connectivity index (χ1v) is 8.17. The van der Waals surface area contributed by atoms with E-state index in [0.29, 0.717) is 16.9 Å². The van der Waals surface area contributed by atoms with E-state index in [1.165, 1.54) is 11.6 Å². The lowest BCUT2D eigenvalue weighted by Gasteiger charge is -2.08. The summed E-state index contributed by atoms with van der Waals surface area (Å²) in [6.07, 6.45) is 0. The molecule has 8 heteroatoms. The largest absolute Gasteiger partial charge is 0.497 e. The molecule has 0 saturated carbocycles. The van der Waals surface area contributed by atoms with Crippen LogP contribution in [0, 0.1) is 13.8 Å². The summed E-state index contributed by atoms with van der Waals surface area (Å²) < 4.78 is 11.6. The summed E-state index contributed by atoms with van der Waals surface area (Å²) in [6.45, 7) is 3.91. The molecule has 0 aliphatic carbocycles. The van der Waals surface area contributed by atoms with Gasteiger partial charge in [-0.1, -0.05) is 6.07 Å². The van der Waals surface area contributed by atoms with E-state index in [4.69, 9.17) is 4.74 Å². The van der Waals surface area contributed by atoms with Gasteiger partial charge in [0.05, 0.1) is 12.8 Å². The van der Waals surface area contributed by atoms with Crippen molar-refractivity contribution in [3.8, 4) is 11.4 Å². The van der Waals surface area contributed by atoms with Crippen LogP contribution in [-0.4, -0.2) is 30.2 Å². The average Bonchev–Trinajstić information content (AvgIpc) is 3.14. The van der Waals surface area contributed by atoms with Crippen LogP contribution in [0.2, 0.25) is 0 Å². The highest BCUT2D eigenvalue weighted by molar-refractivity contribution is 5.77. The van der Waals surface area contributed by atoms with Gasteiger partial charge in [0.15, 0.2) is 11.2 Å². The molecule has 4 aromatic rings. The number of aromatic nitrogens is 5. The molecular formula is C18H19N5O3. The topological polar surface area (TPSA) is 75.5 Å². The highest BCUT2D eigenvalue weighted by atomic mass is 16.5. The van der Waals surface area contributed by atoms with Gasteiger partial charge in [0.1, 0.15) is 5.75 Å². The third-order valence-corrected chi connectivity index (χ3v) is 4.95. The molecule has 134 valence electrons. The van der Waals surface area contributed by atoms with Crippen molar-refractivity contribution in [2.24, 2.45) is 14.1 Å². The number of hydrogen-bond acceptors (Lipinski definition) is 4. The Kier molecular flexibility index (Phi) is 3.33. The zero-order valence-electron chi connectivity index (χ0n) is 15.3. The van der Waals surface area contributed by atoms with Crippen molar-refractivity contribution < 1.29 is 4.74 Å². The second-order valence-corrected chi connectivity index (χ2v) is 6.33. The van der Waals surface area contributed by atoms with Crippen molar-refractivity contribution in [2.75, 3.05) is 7.11 Å². The van der Waals surface area contributed by atoms with Crippen molar-refractivity contribution in [1.82, 2.24) is 23.1 Å². The molecule has 0 saturated heterocycles. The molecule has 4 rings (SSSR count). The van der Waals surface area contributed by atoms with E-state index in [1.807, 2.05) is 47.1 Å². The maximum Gasteiger partial charge on any atom is 0.332 e. The molecule has 0 amide bonds. The lowest BCUT2D eigenvalue weighted by molar-refractivity contribution is 0.414. The maximum absolute atomic E-state index is 12.7. The third kappa shape index (κ3) is 1.92. The van der Waals surface area contributed by atoms with Crippen LogP contribution in [0.5, 0.6) is 5.75 Å². The molecule has 1 aromatic carbocycles. The SMILES string of the molecule is COc1cccc(-n2c(C)c(C)n3c4c(=O)n(C)c(=O)n(C)c4nc23)c1. The predicted octanol–water partition coefficient (Wildman–Crippen LogP) is 1.30. The fourth-order valence-corrected chi connectivity index (χ4v) is 3.38. The number of aryl methyl sites for hydroxylation is 2. The number of rotatable bonds is 2. The average molecular weight is 353 g/mol. The lowest BCUT2D eigenvalue weighted by Crippen LogP contribution is -2.37. The Bertz CT molecular complexity index is 1300. The smallest absolute Gasteiger partial charge is 0.332 e. The molecule has 0 bridgehead atoms. The van der Waals surface area contributed by atoms with Gasteiger partial charge in [0, 0.05) is 31.5 Å². The molecule has 0 atom stereocenters. The Hall–Kier alpha value is -3.29. The van der Waals surface area contributed by atoms with Gasteiger partial charge in [-0.15, -0.1) is 0 Å². The van der Waals surface area contributed by atoms with Gasteiger partial charge < -0.3 is 4.74 Å². The molecule has 3 heterocycles. The van der Waals surface area contributed by atoms with Crippen LogP contribution < -0.4 is 16.0 Å². The highest BCUT2D eigenvalue weighted by Gasteiger charge is 2.22. The Balaban J connectivity index is 2.22. The molecule has 26 heavy (non-hydrogen) atoms. The molecule has 8 nitrogen and oxygen atoms in total. The molecular weight excluding hydrogens is 334 g/mol. The quantitative estimate of drug-likeness (QED) is 0.544.